The van der Waals surface area contributed by atoms with Gasteiger partial charge in [-0.2, -0.15) is 0 Å². The first-order valence-corrected chi connectivity index (χ1v) is 13.4. The molecule has 4 aliphatic rings. The maximum absolute atomic E-state index is 13.1. The van der Waals surface area contributed by atoms with E-state index < -0.39 is 0 Å². The Morgan fingerprint density at radius 2 is 1.56 bits per heavy atom. The minimum absolute atomic E-state index is 0.101. The number of hydrogen-bond acceptors (Lipinski definition) is 8. The zero-order valence-electron chi connectivity index (χ0n) is 20.9. The summed E-state index contributed by atoms with van der Waals surface area (Å²) in [6, 6.07) is 12.2. The molecule has 0 spiro atoms. The van der Waals surface area contributed by atoms with Crippen LogP contribution in [0, 0.1) is 0 Å². The first kappa shape index (κ1) is 23.5. The van der Waals surface area contributed by atoms with Crippen LogP contribution in [0.4, 0.5) is 11.6 Å². The first-order valence-electron chi connectivity index (χ1n) is 13.4. The lowest BCUT2D eigenvalue weighted by Crippen LogP contribution is -2.53. The molecule has 9 heteroatoms. The highest BCUT2D eigenvalue weighted by Gasteiger charge is 2.32. The van der Waals surface area contributed by atoms with Crippen molar-refractivity contribution < 1.29 is 14.3 Å². The number of piperazine rings is 2. The number of hydrogen-bond donors (Lipinski definition) is 0. The molecule has 4 aliphatic heterocycles. The van der Waals surface area contributed by atoms with E-state index in [0.29, 0.717) is 19.2 Å². The maximum atomic E-state index is 13.1. The summed E-state index contributed by atoms with van der Waals surface area (Å²) in [5, 5.41) is 9.08. The number of benzene rings is 1. The Labute approximate surface area is 213 Å². The number of aromatic nitrogens is 2. The van der Waals surface area contributed by atoms with Crippen LogP contribution in [0.2, 0.25) is 0 Å². The van der Waals surface area contributed by atoms with Crippen molar-refractivity contribution in [3.63, 3.8) is 0 Å². The number of aryl methyl sites for hydroxylation is 1. The second kappa shape index (κ2) is 10.6. The fourth-order valence-corrected chi connectivity index (χ4v) is 5.75. The van der Waals surface area contributed by atoms with E-state index in [-0.39, 0.29) is 12.0 Å². The Kier molecular flexibility index (Phi) is 6.92. The van der Waals surface area contributed by atoms with Gasteiger partial charge in [-0.25, -0.2) is 0 Å². The van der Waals surface area contributed by atoms with Crippen LogP contribution in [0.25, 0.3) is 0 Å². The molecular formula is C27H36N6O3. The van der Waals surface area contributed by atoms with Crippen molar-refractivity contribution in [3.8, 4) is 5.75 Å². The summed E-state index contributed by atoms with van der Waals surface area (Å²) in [7, 11) is 0. The lowest BCUT2D eigenvalue weighted by molar-refractivity contribution is -0.139. The fourth-order valence-electron chi connectivity index (χ4n) is 5.75. The van der Waals surface area contributed by atoms with E-state index in [4.69, 9.17) is 9.47 Å². The predicted octanol–water partition coefficient (Wildman–Crippen LogP) is 1.82. The normalized spacial score (nSPS) is 24.9. The summed E-state index contributed by atoms with van der Waals surface area (Å²) >= 11 is 0. The predicted molar refractivity (Wildman–Crippen MR) is 138 cm³/mol. The number of rotatable bonds is 5. The van der Waals surface area contributed by atoms with E-state index >= 15 is 0 Å². The van der Waals surface area contributed by atoms with E-state index in [0.717, 1.165) is 82.6 Å². The molecule has 1 aromatic heterocycles. The van der Waals surface area contributed by atoms with Gasteiger partial charge in [0.15, 0.2) is 17.7 Å². The Morgan fingerprint density at radius 1 is 0.861 bits per heavy atom. The highest BCUT2D eigenvalue weighted by atomic mass is 16.5. The Hall–Kier alpha value is -2.91. The van der Waals surface area contributed by atoms with Crippen LogP contribution in [0.1, 0.15) is 24.8 Å². The summed E-state index contributed by atoms with van der Waals surface area (Å²) in [5.41, 5.74) is 1.19. The number of nitrogens with zero attached hydrogens (tertiary/aromatic N) is 6. The molecule has 0 N–H and O–H groups in total. The van der Waals surface area contributed by atoms with Gasteiger partial charge in [0.1, 0.15) is 5.75 Å². The molecule has 1 aromatic carbocycles. The van der Waals surface area contributed by atoms with Crippen molar-refractivity contribution in [2.24, 2.45) is 0 Å². The standard InChI is InChI=1S/C27H36N6O3/c34-27(24-8-7-21-4-1-2-6-23(21)36-24)33-17-15-32(16-18-33)26-10-9-25(28-29-26)31-13-11-30(12-14-31)20-22-5-3-19-35-22/h1-2,4,6,9-10,22,24H,3,5,7-8,11-20H2. The fraction of sp³-hybridized carbons (Fsp3) is 0.593. The lowest BCUT2D eigenvalue weighted by Gasteiger charge is -2.38. The second-order valence-electron chi connectivity index (χ2n) is 10.2. The van der Waals surface area contributed by atoms with Gasteiger partial charge in [0, 0.05) is 65.5 Å². The van der Waals surface area contributed by atoms with Gasteiger partial charge in [-0.15, -0.1) is 10.2 Å². The minimum Gasteiger partial charge on any atom is -0.480 e. The van der Waals surface area contributed by atoms with Crippen LogP contribution in [-0.4, -0.2) is 104 Å². The number of carbonyl (C=O) groups excluding carboxylic acids is 1. The van der Waals surface area contributed by atoms with E-state index in [1.165, 1.54) is 18.4 Å². The first-order chi connectivity index (χ1) is 17.7. The van der Waals surface area contributed by atoms with E-state index in [2.05, 4.69) is 43.1 Å². The summed E-state index contributed by atoms with van der Waals surface area (Å²) < 4.78 is 11.8. The van der Waals surface area contributed by atoms with Gasteiger partial charge >= 0.3 is 0 Å². The summed E-state index contributed by atoms with van der Waals surface area (Å²) in [6.45, 7) is 8.84. The number of carbonyl (C=O) groups is 1. The third-order valence-corrected chi connectivity index (χ3v) is 7.93. The molecule has 2 aromatic rings. The molecule has 0 bridgehead atoms. The minimum atomic E-state index is -0.378. The molecule has 6 rings (SSSR count). The Morgan fingerprint density at radius 3 is 2.22 bits per heavy atom. The van der Waals surface area contributed by atoms with Crippen molar-refractivity contribution in [1.82, 2.24) is 20.0 Å². The third kappa shape index (κ3) is 5.13. The zero-order valence-corrected chi connectivity index (χ0v) is 20.9. The third-order valence-electron chi connectivity index (χ3n) is 7.93. The molecule has 9 nitrogen and oxygen atoms in total. The number of ether oxygens (including phenoxy) is 2. The van der Waals surface area contributed by atoms with Crippen molar-refractivity contribution in [1.29, 1.82) is 0 Å². The molecule has 2 atom stereocenters. The molecule has 3 fully saturated rings. The second-order valence-corrected chi connectivity index (χ2v) is 10.2. The molecule has 3 saturated heterocycles. The largest absolute Gasteiger partial charge is 0.480 e. The van der Waals surface area contributed by atoms with Crippen molar-refractivity contribution in [2.45, 2.75) is 37.9 Å². The number of anilines is 2. The quantitative estimate of drug-likeness (QED) is 0.626. The highest BCUT2D eigenvalue weighted by molar-refractivity contribution is 5.82. The lowest BCUT2D eigenvalue weighted by atomic mass is 10.0. The molecule has 36 heavy (non-hydrogen) atoms. The van der Waals surface area contributed by atoms with Crippen molar-refractivity contribution in [2.75, 3.05) is 75.3 Å². The van der Waals surface area contributed by atoms with Gasteiger partial charge < -0.3 is 24.2 Å². The molecule has 0 saturated carbocycles. The Bertz CT molecular complexity index is 1030. The average Bonchev–Trinajstić information content (AvgIpc) is 3.46. The summed E-state index contributed by atoms with van der Waals surface area (Å²) in [4.78, 5) is 22.1. The van der Waals surface area contributed by atoms with Gasteiger partial charge in [0.25, 0.3) is 5.91 Å². The molecular weight excluding hydrogens is 456 g/mol. The smallest absolute Gasteiger partial charge is 0.263 e. The number of para-hydroxylation sites is 1. The van der Waals surface area contributed by atoms with Crippen LogP contribution >= 0.6 is 0 Å². The van der Waals surface area contributed by atoms with Gasteiger partial charge in [0.2, 0.25) is 0 Å². The summed E-state index contributed by atoms with van der Waals surface area (Å²) in [5.74, 6) is 2.77. The number of fused-ring (bicyclic) bond motifs is 1. The van der Waals surface area contributed by atoms with Gasteiger partial charge in [-0.3, -0.25) is 9.69 Å². The van der Waals surface area contributed by atoms with Crippen LogP contribution in [0.5, 0.6) is 5.75 Å². The van der Waals surface area contributed by atoms with Gasteiger partial charge in [-0.1, -0.05) is 18.2 Å². The van der Waals surface area contributed by atoms with Crippen LogP contribution in [-0.2, 0) is 16.0 Å². The molecule has 0 radical (unpaired) electrons. The van der Waals surface area contributed by atoms with Crippen LogP contribution < -0.4 is 14.5 Å². The molecule has 2 unspecified atom stereocenters. The summed E-state index contributed by atoms with van der Waals surface area (Å²) in [6.07, 6.45) is 4.06. The topological polar surface area (TPSA) is 74.3 Å². The van der Waals surface area contributed by atoms with Crippen molar-refractivity contribution in [3.05, 3.63) is 42.0 Å². The van der Waals surface area contributed by atoms with E-state index in [9.17, 15) is 4.79 Å². The molecule has 192 valence electrons. The van der Waals surface area contributed by atoms with Crippen LogP contribution in [0.15, 0.2) is 36.4 Å². The molecule has 1 amide bonds. The molecule has 0 aliphatic carbocycles. The maximum Gasteiger partial charge on any atom is 0.263 e. The molecule has 5 heterocycles. The zero-order chi connectivity index (χ0) is 24.3. The van der Waals surface area contributed by atoms with Gasteiger partial charge in [-0.05, 0) is 49.4 Å². The SMILES string of the molecule is O=C(C1CCc2ccccc2O1)N1CCN(c2ccc(N3CCN(CC4CCCO4)CC3)nn2)CC1. The average molecular weight is 493 g/mol. The van der Waals surface area contributed by atoms with E-state index in [1.54, 1.807) is 0 Å². The van der Waals surface area contributed by atoms with Crippen molar-refractivity contribution >= 4 is 17.5 Å². The monoisotopic (exact) mass is 492 g/mol. The van der Waals surface area contributed by atoms with E-state index in [1.807, 2.05) is 23.1 Å². The van der Waals surface area contributed by atoms with Crippen LogP contribution in [0.3, 0.4) is 0 Å². The highest BCUT2D eigenvalue weighted by Crippen LogP contribution is 2.28. The number of amides is 1. The van der Waals surface area contributed by atoms with Gasteiger partial charge in [0.05, 0.1) is 6.10 Å². The Balaban J connectivity index is 0.974.